The van der Waals surface area contributed by atoms with E-state index in [0.29, 0.717) is 0 Å². The third-order valence-corrected chi connectivity index (χ3v) is 3.76. The van der Waals surface area contributed by atoms with Gasteiger partial charge in [0.25, 0.3) is 5.69 Å². The van der Waals surface area contributed by atoms with Crippen LogP contribution in [-0.2, 0) is 40.2 Å². The van der Waals surface area contributed by atoms with E-state index >= 15 is 0 Å². The van der Waals surface area contributed by atoms with Gasteiger partial charge in [0.05, 0.1) is 36.7 Å². The van der Waals surface area contributed by atoms with Crippen molar-refractivity contribution in [1.82, 2.24) is 4.98 Å². The molecule has 0 atom stereocenters. The van der Waals surface area contributed by atoms with E-state index < -0.39 is 57.8 Å². The number of halogens is 3. The van der Waals surface area contributed by atoms with Gasteiger partial charge in [-0.1, -0.05) is 0 Å². The van der Waals surface area contributed by atoms with Crippen LogP contribution in [0.25, 0.3) is 0 Å². The maximum Gasteiger partial charge on any atom is 0.418 e. The zero-order chi connectivity index (χ0) is 23.1. The van der Waals surface area contributed by atoms with Crippen LogP contribution in [0.15, 0.2) is 12.3 Å². The lowest BCUT2D eigenvalue weighted by atomic mass is 9.79. The van der Waals surface area contributed by atoms with E-state index in [2.05, 4.69) is 4.98 Å². The molecular weight excluding hydrogens is 417 g/mol. The van der Waals surface area contributed by atoms with Crippen LogP contribution in [0.3, 0.4) is 0 Å². The minimum atomic E-state index is -4.99. The van der Waals surface area contributed by atoms with Crippen molar-refractivity contribution < 1.29 is 46.7 Å². The van der Waals surface area contributed by atoms with Crippen LogP contribution in [0.5, 0.6) is 0 Å². The van der Waals surface area contributed by atoms with Gasteiger partial charge in [-0.2, -0.15) is 13.2 Å². The Kier molecular flexibility index (Phi) is 8.25. The van der Waals surface area contributed by atoms with Crippen molar-refractivity contribution in [3.8, 4) is 0 Å². The predicted molar refractivity (Wildman–Crippen MR) is 92.1 cm³/mol. The zero-order valence-corrected chi connectivity index (χ0v) is 16.3. The minimum absolute atomic E-state index is 0.112. The van der Waals surface area contributed by atoms with Gasteiger partial charge in [-0.15, -0.1) is 0 Å². The first kappa shape index (κ1) is 24.8. The van der Waals surface area contributed by atoms with E-state index in [0.717, 1.165) is 0 Å². The molecule has 0 N–H and O–H groups in total. The molecule has 10 nitrogen and oxygen atoms in total. The second kappa shape index (κ2) is 9.98. The Hall–Kier alpha value is -3.25. The number of carbonyl (C=O) groups is 3. The van der Waals surface area contributed by atoms with Crippen LogP contribution < -0.4 is 0 Å². The van der Waals surface area contributed by atoms with Gasteiger partial charge in [0.1, 0.15) is 5.69 Å². The molecule has 0 saturated carbocycles. The molecule has 0 saturated heterocycles. The SMILES string of the molecule is CCOC(=O)CC(C(=O)OCC)(C(=O)OCC)c1ncc(C(F)(F)F)cc1[N+](=O)[O-]. The number of aromatic nitrogens is 1. The highest BCUT2D eigenvalue weighted by atomic mass is 19.4. The van der Waals surface area contributed by atoms with Crippen molar-refractivity contribution in [1.29, 1.82) is 0 Å². The molecule has 0 fully saturated rings. The smallest absolute Gasteiger partial charge is 0.418 e. The highest BCUT2D eigenvalue weighted by Crippen LogP contribution is 2.39. The molecule has 0 aromatic carbocycles. The second-order valence-corrected chi connectivity index (χ2v) is 5.67. The maximum absolute atomic E-state index is 13.0. The molecule has 0 aliphatic carbocycles. The zero-order valence-electron chi connectivity index (χ0n) is 16.3. The Morgan fingerprint density at radius 1 is 1.03 bits per heavy atom. The van der Waals surface area contributed by atoms with Gasteiger partial charge in [-0.25, -0.2) is 0 Å². The molecule has 0 radical (unpaired) electrons. The Balaban J connectivity index is 3.90. The summed E-state index contributed by atoms with van der Waals surface area (Å²) in [5.41, 5.74) is -6.67. The summed E-state index contributed by atoms with van der Waals surface area (Å²) >= 11 is 0. The van der Waals surface area contributed by atoms with Gasteiger partial charge >= 0.3 is 24.1 Å². The molecule has 13 heteroatoms. The first-order valence-electron chi connectivity index (χ1n) is 8.67. The lowest BCUT2D eigenvalue weighted by molar-refractivity contribution is -0.386. The highest BCUT2D eigenvalue weighted by Gasteiger charge is 2.57. The summed E-state index contributed by atoms with van der Waals surface area (Å²) in [7, 11) is 0. The van der Waals surface area contributed by atoms with Crippen LogP contribution in [0, 0.1) is 10.1 Å². The lowest BCUT2D eigenvalue weighted by Crippen LogP contribution is -2.49. The molecule has 0 amide bonds. The molecule has 0 bridgehead atoms. The van der Waals surface area contributed by atoms with E-state index in [1.807, 2.05) is 0 Å². The number of alkyl halides is 3. The number of ether oxygens (including phenoxy) is 3. The van der Waals surface area contributed by atoms with Crippen molar-refractivity contribution in [2.75, 3.05) is 19.8 Å². The van der Waals surface area contributed by atoms with E-state index in [4.69, 9.17) is 14.2 Å². The first-order chi connectivity index (χ1) is 13.9. The second-order valence-electron chi connectivity index (χ2n) is 5.67. The van der Waals surface area contributed by atoms with Crippen LogP contribution in [0.4, 0.5) is 18.9 Å². The number of esters is 3. The minimum Gasteiger partial charge on any atom is -0.466 e. The van der Waals surface area contributed by atoms with Crippen LogP contribution in [0.1, 0.15) is 38.4 Å². The summed E-state index contributed by atoms with van der Waals surface area (Å²) in [4.78, 5) is 51.3. The lowest BCUT2D eigenvalue weighted by Gasteiger charge is -2.27. The number of nitro groups is 1. The number of hydrogen-bond donors (Lipinski definition) is 0. The number of hydrogen-bond acceptors (Lipinski definition) is 9. The fourth-order valence-corrected chi connectivity index (χ4v) is 2.52. The van der Waals surface area contributed by atoms with Gasteiger partial charge < -0.3 is 14.2 Å². The van der Waals surface area contributed by atoms with E-state index in [1.54, 1.807) is 0 Å². The summed E-state index contributed by atoms with van der Waals surface area (Å²) in [5.74, 6) is -4.05. The van der Waals surface area contributed by atoms with Gasteiger partial charge in [-0.05, 0) is 20.8 Å². The summed E-state index contributed by atoms with van der Waals surface area (Å²) in [6, 6.07) is 0.112. The van der Waals surface area contributed by atoms with Gasteiger partial charge in [0.2, 0.25) is 5.41 Å². The van der Waals surface area contributed by atoms with Crippen molar-refractivity contribution in [2.24, 2.45) is 0 Å². The molecule has 1 aromatic rings. The average molecular weight is 436 g/mol. The molecule has 0 aliphatic heterocycles. The molecule has 1 rings (SSSR count). The summed E-state index contributed by atoms with van der Waals surface area (Å²) < 4.78 is 53.4. The van der Waals surface area contributed by atoms with Gasteiger partial charge in [0.15, 0.2) is 0 Å². The maximum atomic E-state index is 13.0. The highest BCUT2D eigenvalue weighted by molar-refractivity contribution is 6.09. The van der Waals surface area contributed by atoms with Crippen molar-refractivity contribution in [3.63, 3.8) is 0 Å². The monoisotopic (exact) mass is 436 g/mol. The normalized spacial score (nSPS) is 11.5. The first-order valence-corrected chi connectivity index (χ1v) is 8.67. The molecule has 1 heterocycles. The fraction of sp³-hybridized carbons (Fsp3) is 0.529. The van der Waals surface area contributed by atoms with Crippen LogP contribution in [0.2, 0.25) is 0 Å². The summed E-state index contributed by atoms with van der Waals surface area (Å²) in [6.07, 6.45) is -5.91. The molecule has 166 valence electrons. The number of pyridine rings is 1. The van der Waals surface area contributed by atoms with Gasteiger partial charge in [-0.3, -0.25) is 29.5 Å². The Morgan fingerprint density at radius 2 is 1.53 bits per heavy atom. The summed E-state index contributed by atoms with van der Waals surface area (Å²) in [6.45, 7) is 3.35. The molecule has 0 unspecified atom stereocenters. The van der Waals surface area contributed by atoms with Crippen molar-refractivity contribution in [3.05, 3.63) is 33.6 Å². The largest absolute Gasteiger partial charge is 0.466 e. The fourth-order valence-electron chi connectivity index (χ4n) is 2.52. The van der Waals surface area contributed by atoms with Crippen LogP contribution in [-0.4, -0.2) is 47.6 Å². The molecule has 0 aliphatic rings. The quantitative estimate of drug-likeness (QED) is 0.188. The molecule has 30 heavy (non-hydrogen) atoms. The molecule has 1 aromatic heterocycles. The third kappa shape index (κ3) is 5.21. The Labute approximate surface area is 168 Å². The Bertz CT molecular complexity index is 808. The predicted octanol–water partition coefficient (Wildman–Crippen LogP) is 2.33. The third-order valence-electron chi connectivity index (χ3n) is 3.76. The van der Waals surface area contributed by atoms with Crippen LogP contribution >= 0.6 is 0 Å². The number of rotatable bonds is 9. The topological polar surface area (TPSA) is 135 Å². The van der Waals surface area contributed by atoms with E-state index in [9.17, 15) is 37.7 Å². The Morgan fingerprint density at radius 3 is 1.93 bits per heavy atom. The molecule has 0 spiro atoms. The molecular formula is C17H19F3N2O8. The van der Waals surface area contributed by atoms with E-state index in [1.165, 1.54) is 20.8 Å². The average Bonchev–Trinajstić information content (AvgIpc) is 2.65. The number of carbonyl (C=O) groups excluding carboxylic acids is 3. The van der Waals surface area contributed by atoms with Gasteiger partial charge in [0, 0.05) is 12.3 Å². The van der Waals surface area contributed by atoms with E-state index in [-0.39, 0.29) is 32.1 Å². The van der Waals surface area contributed by atoms with Crippen molar-refractivity contribution >= 4 is 23.6 Å². The standard InChI is InChI=1S/C17H19F3N2O8/c1-4-28-12(23)8-16(14(24)29-5-2,15(25)30-6-3)13-11(22(26)27)7-10(9-21-13)17(18,19)20/h7,9H,4-6,8H2,1-3H3. The number of nitrogens with zero attached hydrogens (tertiary/aromatic N) is 2. The van der Waals surface area contributed by atoms with Crippen molar-refractivity contribution in [2.45, 2.75) is 38.8 Å². The summed E-state index contributed by atoms with van der Waals surface area (Å²) in [5, 5.41) is 11.5.